The van der Waals surface area contributed by atoms with Crippen molar-refractivity contribution < 1.29 is 29.2 Å². The summed E-state index contributed by atoms with van der Waals surface area (Å²) in [6.07, 6.45) is -0.618. The van der Waals surface area contributed by atoms with Gasteiger partial charge in [-0.3, -0.25) is 40.5 Å². The summed E-state index contributed by atoms with van der Waals surface area (Å²) in [7, 11) is 0. The second kappa shape index (κ2) is 16.8. The molecule has 0 fully saturated rings. The van der Waals surface area contributed by atoms with Crippen molar-refractivity contribution >= 4 is 21.5 Å². The monoisotopic (exact) mass is 782 g/mol. The van der Waals surface area contributed by atoms with Crippen molar-refractivity contribution in [3.63, 3.8) is 0 Å². The number of aromatic nitrogens is 4. The van der Waals surface area contributed by atoms with Crippen molar-refractivity contribution in [2.24, 2.45) is 0 Å². The summed E-state index contributed by atoms with van der Waals surface area (Å²) in [6, 6.07) is 32.1. The fourth-order valence-corrected chi connectivity index (χ4v) is 6.48. The van der Waals surface area contributed by atoms with Gasteiger partial charge in [0.2, 0.25) is 13.1 Å². The minimum Gasteiger partial charge on any atom is -0.430 e. The maximum atomic E-state index is 11.4. The number of benzene rings is 5. The number of ether oxygens (including phenoxy) is 2. The lowest BCUT2D eigenvalue weighted by atomic mass is 9.89. The van der Waals surface area contributed by atoms with Crippen LogP contribution in [-0.2, 0) is 0 Å². The highest BCUT2D eigenvalue weighted by Crippen LogP contribution is 2.43. The third kappa shape index (κ3) is 8.45. The Labute approximate surface area is 327 Å². The van der Waals surface area contributed by atoms with Crippen LogP contribution in [0.1, 0.15) is 12.8 Å². The number of fused-ring (bicyclic) bond motifs is 2. The zero-order valence-corrected chi connectivity index (χ0v) is 30.2. The average molecular weight is 783 g/mol. The molecule has 0 saturated carbocycles. The largest absolute Gasteiger partial charge is 0.430 e. The molecule has 2 heterocycles. The highest BCUT2D eigenvalue weighted by atomic mass is 16.7. The van der Waals surface area contributed by atoms with Crippen molar-refractivity contribution in [1.82, 2.24) is 19.9 Å². The van der Waals surface area contributed by atoms with Gasteiger partial charge in [-0.2, -0.15) is 0 Å². The molecule has 2 unspecified atom stereocenters. The number of nitro groups is 4. The molecule has 18 nitrogen and oxygen atoms in total. The molecule has 5 aromatic carbocycles. The van der Waals surface area contributed by atoms with Crippen LogP contribution >= 0.6 is 0 Å². The van der Waals surface area contributed by atoms with Crippen LogP contribution in [-0.4, -0.2) is 65.2 Å². The van der Waals surface area contributed by atoms with E-state index in [2.05, 4.69) is 9.97 Å². The Bertz CT molecular complexity index is 2440. The predicted molar refractivity (Wildman–Crippen MR) is 210 cm³/mol. The van der Waals surface area contributed by atoms with Gasteiger partial charge in [-0.1, -0.05) is 48.5 Å². The molecular weight excluding hydrogens is 752 g/mol. The van der Waals surface area contributed by atoms with E-state index in [1.807, 2.05) is 60.7 Å². The van der Waals surface area contributed by atoms with Crippen LogP contribution in [0.2, 0.25) is 0 Å². The Morgan fingerprint density at radius 2 is 0.828 bits per heavy atom. The Morgan fingerprint density at radius 1 is 0.483 bits per heavy atom. The van der Waals surface area contributed by atoms with Gasteiger partial charge < -0.3 is 9.47 Å². The van der Waals surface area contributed by atoms with E-state index in [0.717, 1.165) is 32.7 Å². The molecule has 290 valence electrons. The molecule has 0 saturated heterocycles. The van der Waals surface area contributed by atoms with Crippen LogP contribution in [0.15, 0.2) is 122 Å². The molecule has 0 N–H and O–H groups in total. The molecule has 2 aromatic heterocycles. The van der Waals surface area contributed by atoms with E-state index >= 15 is 0 Å². The Balaban J connectivity index is 1.22. The summed E-state index contributed by atoms with van der Waals surface area (Å²) in [5, 5.41) is 47.9. The smallest absolute Gasteiger partial charge is 0.360 e. The quantitative estimate of drug-likeness (QED) is 0.0398. The zero-order chi connectivity index (χ0) is 40.8. The molecule has 7 aromatic rings. The lowest BCUT2D eigenvalue weighted by Gasteiger charge is -2.17. The van der Waals surface area contributed by atoms with E-state index in [-0.39, 0.29) is 24.3 Å². The van der Waals surface area contributed by atoms with Crippen molar-refractivity contribution in [1.29, 1.82) is 0 Å². The van der Waals surface area contributed by atoms with Crippen molar-refractivity contribution in [2.75, 3.05) is 13.1 Å². The Hall–Kier alpha value is -8.02. The third-order valence-corrected chi connectivity index (χ3v) is 9.11. The molecule has 7 rings (SSSR count). The van der Waals surface area contributed by atoms with Crippen molar-refractivity contribution in [3.05, 3.63) is 162 Å². The standard InChI is InChI=1S/C40H30N8O10/c49-45(50)23-19-35(47(53)54)57-27-13-9-25(10-14-27)39-41-21-17-33(43-39)37-29-5-1-2-6-30(29)38(32-8-4-3-7-31(32)37)34-18-22-42-40(44-34)26-11-15-28(16-12-26)58-36(48(55)56)20-24-46(51)52/h1-18,21-22,35-36H,19-20,23-24H2. The minimum absolute atomic E-state index is 0.171. The number of nitrogens with zero attached hydrogens (tertiary/aromatic N) is 8. The first-order chi connectivity index (χ1) is 28.0. The van der Waals surface area contributed by atoms with Gasteiger partial charge >= 0.3 is 12.5 Å². The van der Waals surface area contributed by atoms with E-state index < -0.39 is 45.2 Å². The van der Waals surface area contributed by atoms with Gasteiger partial charge in [0.25, 0.3) is 0 Å². The number of hydrogen-bond acceptors (Lipinski definition) is 14. The van der Waals surface area contributed by atoms with Crippen molar-refractivity contribution in [2.45, 2.75) is 25.3 Å². The van der Waals surface area contributed by atoms with Gasteiger partial charge in [0.15, 0.2) is 11.6 Å². The predicted octanol–water partition coefficient (Wildman–Crippen LogP) is 7.54. The normalized spacial score (nSPS) is 12.1. The fraction of sp³-hybridized carbons (Fsp3) is 0.150. The van der Waals surface area contributed by atoms with Gasteiger partial charge in [0, 0.05) is 44.5 Å². The molecule has 0 aliphatic carbocycles. The van der Waals surface area contributed by atoms with E-state index in [9.17, 15) is 40.5 Å². The summed E-state index contributed by atoms with van der Waals surface area (Å²) in [5.74, 6) is 1.12. The van der Waals surface area contributed by atoms with Crippen LogP contribution in [0.25, 0.3) is 66.8 Å². The summed E-state index contributed by atoms with van der Waals surface area (Å²) >= 11 is 0. The van der Waals surface area contributed by atoms with Gasteiger partial charge in [-0.15, -0.1) is 0 Å². The number of rotatable bonds is 16. The molecule has 0 aliphatic heterocycles. The van der Waals surface area contributed by atoms with Crippen LogP contribution < -0.4 is 9.47 Å². The Kier molecular flexibility index (Phi) is 11.1. The lowest BCUT2D eigenvalue weighted by Crippen LogP contribution is -2.28. The molecule has 0 radical (unpaired) electrons. The molecule has 0 amide bonds. The molecule has 0 bridgehead atoms. The lowest BCUT2D eigenvalue weighted by molar-refractivity contribution is -0.576. The first kappa shape index (κ1) is 38.3. The minimum atomic E-state index is -1.57. The SMILES string of the molecule is O=[N+]([O-])CCC(Oc1ccc(-c2nccc(-c3c4ccccc4c(-c4ccnc(-c5ccc(OC(CC[N+](=O)[O-])[N+](=O)[O-])cc5)n4)c4ccccc34)n2)cc1)[N+](=O)[O-]. The van der Waals surface area contributed by atoms with E-state index in [0.29, 0.717) is 34.2 Å². The molecule has 0 spiro atoms. The summed E-state index contributed by atoms with van der Waals surface area (Å²) in [6.45, 7) is -1.20. The molecule has 0 aliphatic rings. The van der Waals surface area contributed by atoms with E-state index in [4.69, 9.17) is 19.4 Å². The summed E-state index contributed by atoms with van der Waals surface area (Å²) < 4.78 is 10.9. The van der Waals surface area contributed by atoms with Gasteiger partial charge in [0.1, 0.15) is 24.3 Å². The summed E-state index contributed by atoms with van der Waals surface area (Å²) in [4.78, 5) is 60.6. The second-order valence-electron chi connectivity index (χ2n) is 12.8. The molecular formula is C40H30N8O10. The van der Waals surface area contributed by atoms with Crippen LogP contribution in [0.4, 0.5) is 0 Å². The van der Waals surface area contributed by atoms with Crippen molar-refractivity contribution in [3.8, 4) is 56.8 Å². The Morgan fingerprint density at radius 3 is 1.14 bits per heavy atom. The van der Waals surface area contributed by atoms with Crippen LogP contribution in [0, 0.1) is 40.5 Å². The highest BCUT2D eigenvalue weighted by Gasteiger charge is 2.26. The first-order valence-corrected chi connectivity index (χ1v) is 17.7. The second-order valence-corrected chi connectivity index (χ2v) is 12.8. The molecule has 18 heteroatoms. The first-order valence-electron chi connectivity index (χ1n) is 17.7. The maximum Gasteiger partial charge on any atom is 0.360 e. The molecule has 58 heavy (non-hydrogen) atoms. The topological polar surface area (TPSA) is 243 Å². The van der Waals surface area contributed by atoms with Gasteiger partial charge in [-0.05, 0) is 82.2 Å². The van der Waals surface area contributed by atoms with Crippen LogP contribution in [0.3, 0.4) is 0 Å². The van der Waals surface area contributed by atoms with Gasteiger partial charge in [0.05, 0.1) is 21.2 Å². The van der Waals surface area contributed by atoms with E-state index in [1.54, 1.807) is 36.7 Å². The fourth-order valence-electron chi connectivity index (χ4n) is 6.48. The highest BCUT2D eigenvalue weighted by molar-refractivity contribution is 6.20. The summed E-state index contributed by atoms with van der Waals surface area (Å²) in [5.41, 5.74) is 4.22. The molecule has 2 atom stereocenters. The average Bonchev–Trinajstić information content (AvgIpc) is 3.23. The number of hydrogen-bond donors (Lipinski definition) is 0. The van der Waals surface area contributed by atoms with Crippen LogP contribution in [0.5, 0.6) is 11.5 Å². The third-order valence-electron chi connectivity index (χ3n) is 9.11. The maximum absolute atomic E-state index is 11.4. The van der Waals surface area contributed by atoms with E-state index in [1.165, 1.54) is 24.3 Å². The zero-order valence-electron chi connectivity index (χ0n) is 30.2. The van der Waals surface area contributed by atoms with Gasteiger partial charge in [-0.25, -0.2) is 19.9 Å².